The zero-order chi connectivity index (χ0) is 7.11. The van der Waals surface area contributed by atoms with Crippen LogP contribution in [0.25, 0.3) is 0 Å². The van der Waals surface area contributed by atoms with E-state index in [2.05, 4.69) is 18.7 Å². The fourth-order valence-corrected chi connectivity index (χ4v) is 1.10. The summed E-state index contributed by atoms with van der Waals surface area (Å²) in [7, 11) is 0. The Hall–Kier alpha value is 0.540. The minimum absolute atomic E-state index is 0. The number of hydrogen-bond acceptors (Lipinski definition) is 1. The van der Waals surface area contributed by atoms with Gasteiger partial charge >= 0.3 is 0 Å². The van der Waals surface area contributed by atoms with Gasteiger partial charge in [-0.3, -0.25) is 0 Å². The predicted molar refractivity (Wildman–Crippen MR) is 50.4 cm³/mol. The molecule has 0 bridgehead atoms. The smallest absolute Gasteiger partial charge is 0.0351 e. The third-order valence-electron chi connectivity index (χ3n) is 1.39. The molecule has 64 valence electrons. The summed E-state index contributed by atoms with van der Waals surface area (Å²) in [6.07, 6.45) is 1.23. The third kappa shape index (κ3) is 6.66. The fourth-order valence-electron chi connectivity index (χ4n) is 0.864. The molecule has 0 aliphatic heterocycles. The first kappa shape index (κ1) is 13.2. The summed E-state index contributed by atoms with van der Waals surface area (Å²) >= 11 is 5.57. The zero-order valence-electron chi connectivity index (χ0n) is 6.77. The second-order valence-corrected chi connectivity index (χ2v) is 2.50. The molecule has 0 aliphatic carbocycles. The Labute approximate surface area is 75.1 Å². The molecule has 0 amide bonds. The zero-order valence-corrected chi connectivity index (χ0v) is 8.34. The Morgan fingerprint density at radius 2 is 1.80 bits per heavy atom. The first-order chi connectivity index (χ1) is 4.35. The highest BCUT2D eigenvalue weighted by Crippen LogP contribution is 1.90. The molecule has 0 atom stereocenters. The molecule has 1 nitrogen and oxygen atoms in total. The van der Waals surface area contributed by atoms with Crippen molar-refractivity contribution in [2.75, 3.05) is 25.5 Å². The van der Waals surface area contributed by atoms with Crippen LogP contribution in [-0.4, -0.2) is 30.4 Å². The number of hydrogen-bond donors (Lipinski definition) is 0. The van der Waals surface area contributed by atoms with Crippen LogP contribution in [0.1, 0.15) is 20.3 Å². The second kappa shape index (κ2) is 9.54. The molecule has 0 rings (SSSR count). The summed E-state index contributed by atoms with van der Waals surface area (Å²) in [5, 5.41) is 0. The van der Waals surface area contributed by atoms with E-state index in [0.29, 0.717) is 0 Å². The van der Waals surface area contributed by atoms with Gasteiger partial charge in [0.25, 0.3) is 0 Å². The molecular formula is C7H17Cl2N. The van der Waals surface area contributed by atoms with Crippen molar-refractivity contribution in [2.24, 2.45) is 0 Å². The van der Waals surface area contributed by atoms with Crippen LogP contribution < -0.4 is 0 Å². The summed E-state index contributed by atoms with van der Waals surface area (Å²) in [6, 6.07) is 0. The molecule has 3 heteroatoms. The Morgan fingerprint density at radius 1 is 1.20 bits per heavy atom. The monoisotopic (exact) mass is 185 g/mol. The summed E-state index contributed by atoms with van der Waals surface area (Å²) in [4.78, 5) is 2.35. The van der Waals surface area contributed by atoms with Gasteiger partial charge in [0.15, 0.2) is 0 Å². The normalized spacial score (nSPS) is 9.60. The van der Waals surface area contributed by atoms with Gasteiger partial charge in [-0.25, -0.2) is 0 Å². The van der Waals surface area contributed by atoms with Crippen LogP contribution in [0.15, 0.2) is 0 Å². The van der Waals surface area contributed by atoms with Crippen LogP contribution in [0.4, 0.5) is 0 Å². The topological polar surface area (TPSA) is 3.24 Å². The van der Waals surface area contributed by atoms with Crippen molar-refractivity contribution < 1.29 is 0 Å². The molecular weight excluding hydrogens is 169 g/mol. The molecule has 0 saturated heterocycles. The van der Waals surface area contributed by atoms with E-state index < -0.39 is 0 Å². The van der Waals surface area contributed by atoms with Gasteiger partial charge in [-0.1, -0.05) is 13.8 Å². The van der Waals surface area contributed by atoms with Crippen molar-refractivity contribution in [3.8, 4) is 0 Å². The van der Waals surface area contributed by atoms with Crippen molar-refractivity contribution in [3.63, 3.8) is 0 Å². The van der Waals surface area contributed by atoms with Crippen molar-refractivity contribution in [1.82, 2.24) is 4.90 Å². The fraction of sp³-hybridized carbons (Fsp3) is 1.00. The van der Waals surface area contributed by atoms with Gasteiger partial charge in [0.05, 0.1) is 0 Å². The first-order valence-corrected chi connectivity index (χ1v) is 4.16. The highest BCUT2D eigenvalue weighted by molar-refractivity contribution is 6.18. The molecule has 0 fully saturated rings. The summed E-state index contributed by atoms with van der Waals surface area (Å²) in [5.41, 5.74) is 0. The number of halogens is 2. The van der Waals surface area contributed by atoms with Gasteiger partial charge in [0, 0.05) is 12.4 Å². The van der Waals surface area contributed by atoms with E-state index in [1.807, 2.05) is 0 Å². The third-order valence-corrected chi connectivity index (χ3v) is 1.56. The molecule has 0 heterocycles. The Balaban J connectivity index is 0. The molecule has 0 aliphatic rings. The SMILES string of the molecule is CCCN(CC)CCCl.Cl. The minimum atomic E-state index is 0. The van der Waals surface area contributed by atoms with E-state index in [0.717, 1.165) is 19.0 Å². The van der Waals surface area contributed by atoms with E-state index in [1.165, 1.54) is 13.0 Å². The highest BCUT2D eigenvalue weighted by atomic mass is 35.5. The van der Waals surface area contributed by atoms with Crippen molar-refractivity contribution >= 4 is 24.0 Å². The minimum Gasteiger partial charge on any atom is -0.302 e. The quantitative estimate of drug-likeness (QED) is 0.596. The van der Waals surface area contributed by atoms with Gasteiger partial charge in [-0.2, -0.15) is 0 Å². The first-order valence-electron chi connectivity index (χ1n) is 3.63. The second-order valence-electron chi connectivity index (χ2n) is 2.12. The lowest BCUT2D eigenvalue weighted by molar-refractivity contribution is 0.306. The highest BCUT2D eigenvalue weighted by Gasteiger charge is 1.96. The van der Waals surface area contributed by atoms with E-state index >= 15 is 0 Å². The summed E-state index contributed by atoms with van der Waals surface area (Å²) in [6.45, 7) is 7.70. The molecule has 0 radical (unpaired) electrons. The Morgan fingerprint density at radius 3 is 2.10 bits per heavy atom. The average Bonchev–Trinajstić information content (AvgIpc) is 1.88. The standard InChI is InChI=1S/C7H16ClN.ClH/c1-3-6-9(4-2)7-5-8;/h3-7H2,1-2H3;1H. The van der Waals surface area contributed by atoms with Crippen LogP contribution in [0.2, 0.25) is 0 Å². The molecule has 0 unspecified atom stereocenters. The largest absolute Gasteiger partial charge is 0.302 e. The van der Waals surface area contributed by atoms with Gasteiger partial charge in [0.1, 0.15) is 0 Å². The lowest BCUT2D eigenvalue weighted by atomic mass is 10.4. The molecule has 10 heavy (non-hydrogen) atoms. The Bertz CT molecular complexity index is 53.6. The lowest BCUT2D eigenvalue weighted by Gasteiger charge is -2.16. The number of rotatable bonds is 5. The molecule has 0 aromatic heterocycles. The van der Waals surface area contributed by atoms with Crippen LogP contribution in [0, 0.1) is 0 Å². The Kier molecular flexibility index (Phi) is 12.5. The van der Waals surface area contributed by atoms with Crippen molar-refractivity contribution in [1.29, 1.82) is 0 Å². The van der Waals surface area contributed by atoms with Gasteiger partial charge in [-0.15, -0.1) is 24.0 Å². The van der Waals surface area contributed by atoms with E-state index in [1.54, 1.807) is 0 Å². The van der Waals surface area contributed by atoms with Gasteiger partial charge in [0.2, 0.25) is 0 Å². The van der Waals surface area contributed by atoms with Crippen LogP contribution in [0.3, 0.4) is 0 Å². The van der Waals surface area contributed by atoms with Crippen LogP contribution in [-0.2, 0) is 0 Å². The molecule has 0 saturated carbocycles. The maximum Gasteiger partial charge on any atom is 0.0351 e. The predicted octanol–water partition coefficient (Wildman–Crippen LogP) is 2.38. The summed E-state index contributed by atoms with van der Waals surface area (Å²) < 4.78 is 0. The van der Waals surface area contributed by atoms with Crippen molar-refractivity contribution in [2.45, 2.75) is 20.3 Å². The van der Waals surface area contributed by atoms with Gasteiger partial charge < -0.3 is 4.90 Å². The van der Waals surface area contributed by atoms with Crippen LogP contribution >= 0.6 is 24.0 Å². The van der Waals surface area contributed by atoms with E-state index in [9.17, 15) is 0 Å². The van der Waals surface area contributed by atoms with Crippen molar-refractivity contribution in [3.05, 3.63) is 0 Å². The molecule has 0 N–H and O–H groups in total. The molecule has 0 aromatic carbocycles. The molecule has 0 aromatic rings. The maximum atomic E-state index is 5.57. The van der Waals surface area contributed by atoms with E-state index in [-0.39, 0.29) is 12.4 Å². The number of alkyl halides is 1. The lowest BCUT2D eigenvalue weighted by Crippen LogP contribution is -2.26. The van der Waals surface area contributed by atoms with Crippen LogP contribution in [0.5, 0.6) is 0 Å². The van der Waals surface area contributed by atoms with E-state index in [4.69, 9.17) is 11.6 Å². The number of nitrogens with zero attached hydrogens (tertiary/aromatic N) is 1. The average molecular weight is 186 g/mol. The summed E-state index contributed by atoms with van der Waals surface area (Å²) in [5.74, 6) is 0.758. The van der Waals surface area contributed by atoms with Gasteiger partial charge in [-0.05, 0) is 19.5 Å². The maximum absolute atomic E-state index is 5.57. The molecule has 0 spiro atoms.